The largest absolute Gasteiger partial charge is 0.504 e. The minimum atomic E-state index is -0.0398. The summed E-state index contributed by atoms with van der Waals surface area (Å²) in [5, 5.41) is 25.9. The SMILES string of the molecule is CC(C)NC[C@@H]1NCCc2cc(O)c(O)cc21. The highest BCUT2D eigenvalue weighted by Crippen LogP contribution is 2.33. The molecule has 0 unspecified atom stereocenters. The van der Waals surface area contributed by atoms with Crippen LogP contribution in [0.1, 0.15) is 31.0 Å². The molecule has 94 valence electrons. The second kappa shape index (κ2) is 4.94. The molecule has 0 fully saturated rings. The lowest BCUT2D eigenvalue weighted by Gasteiger charge is -2.28. The normalized spacial score (nSPS) is 19.4. The van der Waals surface area contributed by atoms with Crippen molar-refractivity contribution in [1.29, 1.82) is 0 Å². The Bertz CT molecular complexity index is 405. The van der Waals surface area contributed by atoms with Gasteiger partial charge in [-0.2, -0.15) is 0 Å². The Kier molecular flexibility index (Phi) is 3.54. The molecule has 1 heterocycles. The molecule has 1 aliphatic rings. The predicted molar refractivity (Wildman–Crippen MR) is 67.4 cm³/mol. The highest BCUT2D eigenvalue weighted by Gasteiger charge is 2.21. The van der Waals surface area contributed by atoms with E-state index in [2.05, 4.69) is 24.5 Å². The number of phenols is 2. The monoisotopic (exact) mass is 236 g/mol. The molecule has 0 saturated heterocycles. The summed E-state index contributed by atoms with van der Waals surface area (Å²) >= 11 is 0. The van der Waals surface area contributed by atoms with Crippen molar-refractivity contribution in [1.82, 2.24) is 10.6 Å². The topological polar surface area (TPSA) is 64.5 Å². The number of rotatable bonds is 3. The molecule has 0 radical (unpaired) electrons. The molecule has 1 aromatic rings. The summed E-state index contributed by atoms with van der Waals surface area (Å²) in [6.07, 6.45) is 0.890. The molecule has 0 amide bonds. The number of hydrogen-bond acceptors (Lipinski definition) is 4. The quantitative estimate of drug-likeness (QED) is 0.597. The summed E-state index contributed by atoms with van der Waals surface area (Å²) in [6.45, 7) is 5.95. The Labute approximate surface area is 102 Å². The van der Waals surface area contributed by atoms with Crippen LogP contribution in [0, 0.1) is 0 Å². The summed E-state index contributed by atoms with van der Waals surface area (Å²) in [4.78, 5) is 0. The van der Waals surface area contributed by atoms with E-state index in [1.807, 2.05) is 0 Å². The van der Waals surface area contributed by atoms with Crippen molar-refractivity contribution >= 4 is 0 Å². The smallest absolute Gasteiger partial charge is 0.157 e. The summed E-state index contributed by atoms with van der Waals surface area (Å²) in [7, 11) is 0. The Morgan fingerprint density at radius 1 is 1.35 bits per heavy atom. The van der Waals surface area contributed by atoms with Gasteiger partial charge in [0, 0.05) is 18.6 Å². The van der Waals surface area contributed by atoms with Gasteiger partial charge in [0.2, 0.25) is 0 Å². The zero-order valence-corrected chi connectivity index (χ0v) is 10.3. The highest BCUT2D eigenvalue weighted by atomic mass is 16.3. The van der Waals surface area contributed by atoms with E-state index >= 15 is 0 Å². The molecule has 0 aliphatic carbocycles. The molecular weight excluding hydrogens is 216 g/mol. The van der Waals surface area contributed by atoms with E-state index in [1.54, 1.807) is 12.1 Å². The van der Waals surface area contributed by atoms with Gasteiger partial charge in [-0.1, -0.05) is 13.8 Å². The molecule has 0 aromatic heterocycles. The molecule has 1 aromatic carbocycles. The number of benzene rings is 1. The maximum atomic E-state index is 9.57. The zero-order chi connectivity index (χ0) is 12.4. The van der Waals surface area contributed by atoms with Crippen molar-refractivity contribution in [2.24, 2.45) is 0 Å². The van der Waals surface area contributed by atoms with Crippen LogP contribution in [0.2, 0.25) is 0 Å². The number of nitrogens with one attached hydrogen (secondary N) is 2. The summed E-state index contributed by atoms with van der Waals surface area (Å²) < 4.78 is 0. The molecule has 1 atom stereocenters. The Hall–Kier alpha value is -1.26. The van der Waals surface area contributed by atoms with E-state index in [0.29, 0.717) is 6.04 Å². The van der Waals surface area contributed by atoms with Gasteiger partial charge in [-0.05, 0) is 36.2 Å². The van der Waals surface area contributed by atoms with Crippen LogP contribution in [0.25, 0.3) is 0 Å². The van der Waals surface area contributed by atoms with Crippen molar-refractivity contribution in [3.8, 4) is 11.5 Å². The zero-order valence-electron chi connectivity index (χ0n) is 10.3. The van der Waals surface area contributed by atoms with Crippen molar-refractivity contribution in [2.45, 2.75) is 32.4 Å². The molecule has 0 saturated carbocycles. The first-order chi connectivity index (χ1) is 8.08. The molecule has 0 spiro atoms. The van der Waals surface area contributed by atoms with Gasteiger partial charge in [0.25, 0.3) is 0 Å². The summed E-state index contributed by atoms with van der Waals surface area (Å²) in [5.41, 5.74) is 2.20. The van der Waals surface area contributed by atoms with Crippen LogP contribution >= 0.6 is 0 Å². The van der Waals surface area contributed by atoms with Crippen molar-refractivity contribution in [2.75, 3.05) is 13.1 Å². The third-order valence-corrected chi connectivity index (χ3v) is 3.13. The van der Waals surface area contributed by atoms with Gasteiger partial charge in [-0.25, -0.2) is 0 Å². The van der Waals surface area contributed by atoms with Crippen molar-refractivity contribution in [3.05, 3.63) is 23.3 Å². The molecule has 2 rings (SSSR count). The molecule has 17 heavy (non-hydrogen) atoms. The molecule has 4 heteroatoms. The van der Waals surface area contributed by atoms with Gasteiger partial charge in [0.15, 0.2) is 11.5 Å². The minimum Gasteiger partial charge on any atom is -0.504 e. The second-order valence-corrected chi connectivity index (χ2v) is 4.86. The molecule has 4 nitrogen and oxygen atoms in total. The molecule has 1 aliphatic heterocycles. The van der Waals surface area contributed by atoms with E-state index in [0.717, 1.165) is 30.6 Å². The van der Waals surface area contributed by atoms with Crippen LogP contribution in [0.5, 0.6) is 11.5 Å². The first-order valence-corrected chi connectivity index (χ1v) is 6.09. The third kappa shape index (κ3) is 2.70. The van der Waals surface area contributed by atoms with Gasteiger partial charge in [-0.3, -0.25) is 0 Å². The van der Waals surface area contributed by atoms with Gasteiger partial charge in [-0.15, -0.1) is 0 Å². The van der Waals surface area contributed by atoms with E-state index in [4.69, 9.17) is 0 Å². The van der Waals surface area contributed by atoms with Crippen LogP contribution in [0.4, 0.5) is 0 Å². The van der Waals surface area contributed by atoms with Gasteiger partial charge in [0.05, 0.1) is 0 Å². The third-order valence-electron chi connectivity index (χ3n) is 3.13. The number of fused-ring (bicyclic) bond motifs is 1. The molecule has 0 bridgehead atoms. The fourth-order valence-corrected chi connectivity index (χ4v) is 2.20. The first kappa shape index (κ1) is 12.2. The maximum absolute atomic E-state index is 9.57. The lowest BCUT2D eigenvalue weighted by atomic mass is 9.93. The van der Waals surface area contributed by atoms with E-state index in [9.17, 15) is 10.2 Å². The highest BCUT2D eigenvalue weighted by molar-refractivity contribution is 5.47. The minimum absolute atomic E-state index is 0.0266. The van der Waals surface area contributed by atoms with Crippen molar-refractivity contribution in [3.63, 3.8) is 0 Å². The van der Waals surface area contributed by atoms with Crippen molar-refractivity contribution < 1.29 is 10.2 Å². The average molecular weight is 236 g/mol. The standard InChI is InChI=1S/C13H20N2O2/c1-8(2)15-7-11-10-6-13(17)12(16)5-9(10)3-4-14-11/h5-6,8,11,14-17H,3-4,7H2,1-2H3/t11-/m0/s1. The summed E-state index contributed by atoms with van der Waals surface area (Å²) in [6, 6.07) is 3.98. The number of aromatic hydroxyl groups is 2. The summed E-state index contributed by atoms with van der Waals surface area (Å²) in [5.74, 6) is -0.0665. The number of hydrogen-bond donors (Lipinski definition) is 4. The Morgan fingerprint density at radius 2 is 2.06 bits per heavy atom. The second-order valence-electron chi connectivity index (χ2n) is 4.86. The molecular formula is C13H20N2O2. The van der Waals surface area contributed by atoms with Gasteiger partial charge in [0.1, 0.15) is 0 Å². The van der Waals surface area contributed by atoms with Crippen LogP contribution in [0.3, 0.4) is 0 Å². The fraction of sp³-hybridized carbons (Fsp3) is 0.538. The van der Waals surface area contributed by atoms with Crippen LogP contribution in [-0.4, -0.2) is 29.3 Å². The maximum Gasteiger partial charge on any atom is 0.157 e. The van der Waals surface area contributed by atoms with Gasteiger partial charge < -0.3 is 20.8 Å². The van der Waals surface area contributed by atoms with Gasteiger partial charge >= 0.3 is 0 Å². The first-order valence-electron chi connectivity index (χ1n) is 6.09. The van der Waals surface area contributed by atoms with E-state index in [-0.39, 0.29) is 17.5 Å². The van der Waals surface area contributed by atoms with Crippen LogP contribution < -0.4 is 10.6 Å². The number of phenolic OH excluding ortho intramolecular Hbond substituents is 2. The fourth-order valence-electron chi connectivity index (χ4n) is 2.20. The van der Waals surface area contributed by atoms with Crippen LogP contribution in [0.15, 0.2) is 12.1 Å². The lowest BCUT2D eigenvalue weighted by molar-refractivity contribution is 0.395. The predicted octanol–water partition coefficient (Wildman–Crippen LogP) is 1.28. The Morgan fingerprint density at radius 3 is 2.76 bits per heavy atom. The lowest BCUT2D eigenvalue weighted by Crippen LogP contribution is -2.38. The molecule has 4 N–H and O–H groups in total. The Balaban J connectivity index is 2.21. The van der Waals surface area contributed by atoms with E-state index < -0.39 is 0 Å². The van der Waals surface area contributed by atoms with Crippen LogP contribution in [-0.2, 0) is 6.42 Å². The average Bonchev–Trinajstić information content (AvgIpc) is 2.28. The van der Waals surface area contributed by atoms with E-state index in [1.165, 1.54) is 0 Å².